The molecule has 2 heterocycles. The topological polar surface area (TPSA) is 66.6 Å². The highest BCUT2D eigenvalue weighted by molar-refractivity contribution is 5.98. The molecular weight excluding hydrogens is 363 g/mol. The van der Waals surface area contributed by atoms with Crippen molar-refractivity contribution in [2.24, 2.45) is 0 Å². The van der Waals surface area contributed by atoms with E-state index in [0.29, 0.717) is 17.9 Å². The zero-order valence-corrected chi connectivity index (χ0v) is 14.9. The number of ether oxygens (including phenoxy) is 2. The van der Waals surface area contributed by atoms with E-state index >= 15 is 0 Å². The lowest BCUT2D eigenvalue weighted by Crippen LogP contribution is -2.55. The van der Waals surface area contributed by atoms with E-state index < -0.39 is 24.7 Å². The number of aromatic amines is 1. The third-order valence-electron chi connectivity index (χ3n) is 4.47. The Bertz CT molecular complexity index is 785. The summed E-state index contributed by atoms with van der Waals surface area (Å²) in [4.78, 5) is 16.6. The van der Waals surface area contributed by atoms with Crippen LogP contribution in [0.1, 0.15) is 17.4 Å². The third-order valence-corrected chi connectivity index (χ3v) is 4.47. The quantitative estimate of drug-likeness (QED) is 0.802. The third kappa shape index (κ3) is 4.72. The summed E-state index contributed by atoms with van der Waals surface area (Å²) in [6.45, 7) is 2.75. The molecule has 0 aliphatic carbocycles. The van der Waals surface area contributed by atoms with Gasteiger partial charge < -0.3 is 19.8 Å². The normalized spacial score (nSPS) is 17.0. The van der Waals surface area contributed by atoms with E-state index in [4.69, 9.17) is 9.47 Å². The summed E-state index contributed by atoms with van der Waals surface area (Å²) in [6, 6.07) is 5.19. The van der Waals surface area contributed by atoms with Crippen LogP contribution in [0.5, 0.6) is 5.75 Å². The van der Waals surface area contributed by atoms with Gasteiger partial charge in [-0.3, -0.25) is 9.69 Å². The van der Waals surface area contributed by atoms with Crippen LogP contribution >= 0.6 is 0 Å². The number of benzene rings is 1. The molecule has 148 valence electrons. The molecule has 3 rings (SSSR count). The second-order valence-corrected chi connectivity index (χ2v) is 6.28. The van der Waals surface area contributed by atoms with Crippen molar-refractivity contribution in [3.05, 3.63) is 30.0 Å². The molecule has 9 heteroatoms. The maximum Gasteiger partial charge on any atom is 0.405 e. The summed E-state index contributed by atoms with van der Waals surface area (Å²) in [5.74, 6) is 0.0786. The van der Waals surface area contributed by atoms with Crippen LogP contribution in [0.3, 0.4) is 0 Å². The molecule has 0 spiro atoms. The summed E-state index contributed by atoms with van der Waals surface area (Å²) < 4.78 is 50.7. The minimum Gasteiger partial charge on any atom is -0.494 e. The first-order valence-corrected chi connectivity index (χ1v) is 8.80. The van der Waals surface area contributed by atoms with E-state index in [-0.39, 0.29) is 32.0 Å². The number of H-pyrrole nitrogens is 1. The average Bonchev–Trinajstić information content (AvgIpc) is 3.05. The van der Waals surface area contributed by atoms with Gasteiger partial charge in [-0.05, 0) is 25.1 Å². The molecule has 1 amide bonds. The molecule has 0 bridgehead atoms. The van der Waals surface area contributed by atoms with Crippen molar-refractivity contribution in [1.82, 2.24) is 15.2 Å². The zero-order valence-electron chi connectivity index (χ0n) is 14.9. The van der Waals surface area contributed by atoms with Gasteiger partial charge in [-0.25, -0.2) is 0 Å². The smallest absolute Gasteiger partial charge is 0.405 e. The fraction of sp³-hybridized carbons (Fsp3) is 0.500. The molecule has 0 saturated carbocycles. The van der Waals surface area contributed by atoms with Crippen LogP contribution in [0.25, 0.3) is 10.9 Å². The van der Waals surface area contributed by atoms with Crippen LogP contribution in [-0.4, -0.2) is 67.5 Å². The molecule has 1 aliphatic rings. The Morgan fingerprint density at radius 2 is 2.07 bits per heavy atom. The predicted octanol–water partition coefficient (Wildman–Crippen LogP) is 2.56. The second-order valence-electron chi connectivity index (χ2n) is 6.28. The van der Waals surface area contributed by atoms with Gasteiger partial charge in [0.25, 0.3) is 5.91 Å². The highest BCUT2D eigenvalue weighted by Gasteiger charge is 2.44. The molecule has 1 aromatic heterocycles. The first-order valence-electron chi connectivity index (χ1n) is 8.80. The molecule has 1 unspecified atom stereocenters. The van der Waals surface area contributed by atoms with Crippen LogP contribution in [0.4, 0.5) is 13.2 Å². The minimum atomic E-state index is -4.43. The molecule has 1 atom stereocenters. The van der Waals surface area contributed by atoms with Crippen LogP contribution in [0, 0.1) is 0 Å². The number of aromatic nitrogens is 1. The Labute approximate surface area is 154 Å². The van der Waals surface area contributed by atoms with Gasteiger partial charge in [-0.1, -0.05) is 0 Å². The minimum absolute atomic E-state index is 0.187. The summed E-state index contributed by atoms with van der Waals surface area (Å²) in [7, 11) is 0. The monoisotopic (exact) mass is 385 g/mol. The van der Waals surface area contributed by atoms with Crippen molar-refractivity contribution in [2.45, 2.75) is 19.1 Å². The lowest BCUT2D eigenvalue weighted by Gasteiger charge is -2.35. The number of morpholine rings is 1. The van der Waals surface area contributed by atoms with E-state index in [9.17, 15) is 18.0 Å². The largest absolute Gasteiger partial charge is 0.494 e. The standard InChI is InChI=1S/C18H22F3N3O3/c1-2-27-13-4-3-12-9-15(23-14(12)10-13)17(25)22-11-16(18(19,20)21)24-5-7-26-8-6-24/h3-4,9-10,16,23H,2,5-8,11H2,1H3,(H,22,25). The highest BCUT2D eigenvalue weighted by atomic mass is 19.4. The molecule has 1 aromatic carbocycles. The zero-order chi connectivity index (χ0) is 19.4. The molecular formula is C18H22F3N3O3. The van der Waals surface area contributed by atoms with E-state index in [1.807, 2.05) is 6.92 Å². The number of amides is 1. The maximum absolute atomic E-state index is 13.4. The fourth-order valence-electron chi connectivity index (χ4n) is 3.11. The van der Waals surface area contributed by atoms with Crippen molar-refractivity contribution in [2.75, 3.05) is 39.5 Å². The lowest BCUT2D eigenvalue weighted by molar-refractivity contribution is -0.189. The van der Waals surface area contributed by atoms with E-state index in [2.05, 4.69) is 10.3 Å². The predicted molar refractivity (Wildman–Crippen MR) is 94.0 cm³/mol. The molecule has 6 nitrogen and oxygen atoms in total. The SMILES string of the molecule is CCOc1ccc2cc(C(=O)NCC(N3CCOCC3)C(F)(F)F)[nH]c2c1. The van der Waals surface area contributed by atoms with Gasteiger partial charge in [0.1, 0.15) is 17.5 Å². The van der Waals surface area contributed by atoms with Crippen LogP contribution in [0.2, 0.25) is 0 Å². The number of carbonyl (C=O) groups is 1. The number of nitrogens with zero attached hydrogens (tertiary/aromatic N) is 1. The molecule has 2 N–H and O–H groups in total. The molecule has 1 saturated heterocycles. The number of carbonyl (C=O) groups excluding carboxylic acids is 1. The van der Waals surface area contributed by atoms with E-state index in [0.717, 1.165) is 5.39 Å². The number of alkyl halides is 3. The van der Waals surface area contributed by atoms with Crippen LogP contribution in [-0.2, 0) is 4.74 Å². The van der Waals surface area contributed by atoms with E-state index in [1.54, 1.807) is 24.3 Å². The molecule has 0 radical (unpaired) electrons. The van der Waals surface area contributed by atoms with Crippen LogP contribution in [0.15, 0.2) is 24.3 Å². The Morgan fingerprint density at radius 1 is 1.33 bits per heavy atom. The van der Waals surface area contributed by atoms with Gasteiger partial charge in [-0.15, -0.1) is 0 Å². The highest BCUT2D eigenvalue weighted by Crippen LogP contribution is 2.25. The Kier molecular flexibility index (Phi) is 5.91. The first-order chi connectivity index (χ1) is 12.9. The van der Waals surface area contributed by atoms with Gasteiger partial charge in [0.15, 0.2) is 0 Å². The van der Waals surface area contributed by atoms with Gasteiger partial charge in [0.05, 0.1) is 19.8 Å². The summed E-state index contributed by atoms with van der Waals surface area (Å²) in [5, 5.41) is 3.18. The van der Waals surface area contributed by atoms with Gasteiger partial charge in [0, 0.05) is 36.6 Å². The number of hydrogen-bond donors (Lipinski definition) is 2. The number of rotatable bonds is 6. The Hall–Kier alpha value is -2.26. The fourth-order valence-corrected chi connectivity index (χ4v) is 3.11. The van der Waals surface area contributed by atoms with Gasteiger partial charge >= 0.3 is 6.18 Å². The average molecular weight is 385 g/mol. The van der Waals surface area contributed by atoms with Crippen molar-refractivity contribution in [1.29, 1.82) is 0 Å². The molecule has 27 heavy (non-hydrogen) atoms. The van der Waals surface area contributed by atoms with Crippen LogP contribution < -0.4 is 10.1 Å². The van der Waals surface area contributed by atoms with Crippen molar-refractivity contribution in [3.8, 4) is 5.75 Å². The molecule has 2 aromatic rings. The number of halogens is 3. The van der Waals surface area contributed by atoms with Crippen molar-refractivity contribution in [3.63, 3.8) is 0 Å². The van der Waals surface area contributed by atoms with Gasteiger partial charge in [0.2, 0.25) is 0 Å². The molecule has 1 fully saturated rings. The number of nitrogens with one attached hydrogen (secondary N) is 2. The van der Waals surface area contributed by atoms with Crippen molar-refractivity contribution < 1.29 is 27.4 Å². The maximum atomic E-state index is 13.4. The van der Waals surface area contributed by atoms with Gasteiger partial charge in [-0.2, -0.15) is 13.2 Å². The Morgan fingerprint density at radius 3 is 2.74 bits per heavy atom. The molecule has 1 aliphatic heterocycles. The number of fused-ring (bicyclic) bond motifs is 1. The second kappa shape index (κ2) is 8.18. The van der Waals surface area contributed by atoms with E-state index in [1.165, 1.54) is 4.90 Å². The Balaban J connectivity index is 1.69. The first kappa shape index (κ1) is 19.5. The number of hydrogen-bond acceptors (Lipinski definition) is 4. The summed E-state index contributed by atoms with van der Waals surface area (Å²) in [5.41, 5.74) is 0.896. The van der Waals surface area contributed by atoms with Crippen molar-refractivity contribution >= 4 is 16.8 Å². The summed E-state index contributed by atoms with van der Waals surface area (Å²) >= 11 is 0. The summed E-state index contributed by atoms with van der Waals surface area (Å²) in [6.07, 6.45) is -4.43. The lowest BCUT2D eigenvalue weighted by atomic mass is 10.2.